The molecule has 0 saturated heterocycles. The summed E-state index contributed by atoms with van der Waals surface area (Å²) in [6.45, 7) is 0.545. The summed E-state index contributed by atoms with van der Waals surface area (Å²) in [4.78, 5) is 10.6. The summed E-state index contributed by atoms with van der Waals surface area (Å²) < 4.78 is 18.1. The maximum Gasteiger partial charge on any atom is 0.339 e. The van der Waals surface area contributed by atoms with Crippen LogP contribution in [0.25, 0.3) is 0 Å². The number of nitriles is 1. The van der Waals surface area contributed by atoms with Crippen LogP contribution in [0.5, 0.6) is 5.75 Å². The van der Waals surface area contributed by atoms with E-state index in [1.54, 1.807) is 6.07 Å². The first-order chi connectivity index (χ1) is 7.86. The summed E-state index contributed by atoms with van der Waals surface area (Å²) in [5.74, 6) is -2.16. The van der Waals surface area contributed by atoms with Gasteiger partial charge in [-0.15, -0.1) is 0 Å². The minimum atomic E-state index is -2.05. The van der Waals surface area contributed by atoms with Gasteiger partial charge < -0.3 is 14.9 Å². The second kappa shape index (κ2) is 4.80. The molecular weight excluding hydrogens is 229 g/mol. The zero-order chi connectivity index (χ0) is 13.1. The number of hydrogen-bond acceptors (Lipinski definition) is 4. The van der Waals surface area contributed by atoms with E-state index in [9.17, 15) is 14.3 Å². The van der Waals surface area contributed by atoms with Gasteiger partial charge in [0.2, 0.25) is 0 Å². The normalized spacial score (nSPS) is 13.5. The molecule has 0 aromatic heterocycles. The van der Waals surface area contributed by atoms with Crippen molar-refractivity contribution in [3.05, 3.63) is 29.6 Å². The predicted octanol–water partition coefficient (Wildman–Crippen LogP) is 0.912. The molecule has 1 atom stereocenters. The van der Waals surface area contributed by atoms with Crippen LogP contribution in [-0.2, 0) is 4.79 Å². The van der Waals surface area contributed by atoms with Gasteiger partial charge in [-0.25, -0.2) is 9.18 Å². The van der Waals surface area contributed by atoms with E-state index < -0.39 is 24.0 Å². The average molecular weight is 239 g/mol. The molecule has 1 aromatic carbocycles. The van der Waals surface area contributed by atoms with Gasteiger partial charge >= 0.3 is 5.97 Å². The molecule has 0 aliphatic carbocycles. The van der Waals surface area contributed by atoms with Crippen molar-refractivity contribution in [1.82, 2.24) is 0 Å². The molecule has 0 unspecified atom stereocenters. The summed E-state index contributed by atoms with van der Waals surface area (Å²) in [6.07, 6.45) is 0. The Bertz CT molecular complexity index is 479. The fourth-order valence-electron chi connectivity index (χ4n) is 0.962. The van der Waals surface area contributed by atoms with Gasteiger partial charge in [0, 0.05) is 6.07 Å². The zero-order valence-electron chi connectivity index (χ0n) is 8.98. The number of rotatable bonds is 4. The summed E-state index contributed by atoms with van der Waals surface area (Å²) in [6, 6.07) is 5.12. The number of carboxylic acids is 1. The number of nitrogens with zero attached hydrogens (tertiary/aromatic N) is 1. The Morgan fingerprint density at radius 1 is 1.65 bits per heavy atom. The number of halogens is 1. The molecule has 0 aliphatic heterocycles. The third-order valence-electron chi connectivity index (χ3n) is 2.04. The first-order valence-corrected chi connectivity index (χ1v) is 4.65. The van der Waals surface area contributed by atoms with Gasteiger partial charge in [0.15, 0.2) is 5.60 Å². The van der Waals surface area contributed by atoms with Crippen LogP contribution in [0.3, 0.4) is 0 Å². The largest absolute Gasteiger partial charge is 0.490 e. The van der Waals surface area contributed by atoms with Gasteiger partial charge in [-0.3, -0.25) is 0 Å². The fourth-order valence-corrected chi connectivity index (χ4v) is 0.962. The van der Waals surface area contributed by atoms with Crippen molar-refractivity contribution in [2.75, 3.05) is 6.61 Å². The molecule has 0 aliphatic rings. The van der Waals surface area contributed by atoms with E-state index in [2.05, 4.69) is 0 Å². The molecule has 0 fully saturated rings. The Labute approximate surface area is 96.7 Å². The van der Waals surface area contributed by atoms with Gasteiger partial charge in [0.1, 0.15) is 24.2 Å². The first-order valence-electron chi connectivity index (χ1n) is 4.65. The lowest BCUT2D eigenvalue weighted by Gasteiger charge is -2.18. The fraction of sp³-hybridized carbons (Fsp3) is 0.273. The highest BCUT2D eigenvalue weighted by Crippen LogP contribution is 2.17. The maximum absolute atomic E-state index is 13.1. The van der Waals surface area contributed by atoms with E-state index in [1.165, 1.54) is 12.1 Å². The van der Waals surface area contributed by atoms with Gasteiger partial charge in [-0.1, -0.05) is 0 Å². The van der Waals surface area contributed by atoms with Crippen molar-refractivity contribution < 1.29 is 24.1 Å². The standard InChI is InChI=1S/C11H10FNO4/c1-11(16,10(14)15)6-17-8-3-2-7(5-13)9(12)4-8/h2-4,16H,6H2,1H3,(H,14,15)/t11-/m1/s1. The number of aliphatic hydroxyl groups is 1. The number of aliphatic carboxylic acids is 1. The summed E-state index contributed by atoms with van der Waals surface area (Å²) in [5.41, 5.74) is -2.19. The van der Waals surface area contributed by atoms with Crippen LogP contribution >= 0.6 is 0 Å². The summed E-state index contributed by atoms with van der Waals surface area (Å²) >= 11 is 0. The predicted molar refractivity (Wildman–Crippen MR) is 54.9 cm³/mol. The Hall–Kier alpha value is -2.13. The molecule has 0 amide bonds. The highest BCUT2D eigenvalue weighted by Gasteiger charge is 2.30. The summed E-state index contributed by atoms with van der Waals surface area (Å²) in [5, 5.41) is 26.5. The number of benzene rings is 1. The molecule has 90 valence electrons. The Morgan fingerprint density at radius 2 is 2.29 bits per heavy atom. The third-order valence-corrected chi connectivity index (χ3v) is 2.04. The van der Waals surface area contributed by atoms with Crippen LogP contribution in [0, 0.1) is 17.1 Å². The van der Waals surface area contributed by atoms with Crippen molar-refractivity contribution in [3.63, 3.8) is 0 Å². The van der Waals surface area contributed by atoms with Crippen molar-refractivity contribution in [2.24, 2.45) is 0 Å². The maximum atomic E-state index is 13.1. The minimum absolute atomic E-state index is 0.0445. The van der Waals surface area contributed by atoms with E-state index in [0.29, 0.717) is 0 Å². The molecule has 1 rings (SSSR count). The Morgan fingerprint density at radius 3 is 2.76 bits per heavy atom. The quantitative estimate of drug-likeness (QED) is 0.815. The van der Waals surface area contributed by atoms with Crippen LogP contribution < -0.4 is 4.74 Å². The molecule has 5 nitrogen and oxygen atoms in total. The smallest absolute Gasteiger partial charge is 0.339 e. The molecular formula is C11H10FNO4. The molecule has 0 spiro atoms. The van der Waals surface area contributed by atoms with Crippen molar-refractivity contribution >= 4 is 5.97 Å². The van der Waals surface area contributed by atoms with Gasteiger partial charge in [0.25, 0.3) is 0 Å². The topological polar surface area (TPSA) is 90.5 Å². The molecule has 0 radical (unpaired) electrons. The first kappa shape index (κ1) is 12.9. The highest BCUT2D eigenvalue weighted by atomic mass is 19.1. The van der Waals surface area contributed by atoms with Gasteiger partial charge in [-0.05, 0) is 19.1 Å². The molecule has 17 heavy (non-hydrogen) atoms. The number of carboxylic acid groups (broad SMARTS) is 1. The zero-order valence-corrected chi connectivity index (χ0v) is 8.98. The SMILES string of the molecule is C[C@@](O)(COc1ccc(C#N)c(F)c1)C(=O)O. The van der Waals surface area contributed by atoms with E-state index in [-0.39, 0.29) is 11.3 Å². The molecule has 6 heteroatoms. The summed E-state index contributed by atoms with van der Waals surface area (Å²) in [7, 11) is 0. The number of ether oxygens (including phenoxy) is 1. The van der Waals surface area contributed by atoms with Crippen LogP contribution in [0.1, 0.15) is 12.5 Å². The van der Waals surface area contributed by atoms with E-state index in [4.69, 9.17) is 15.1 Å². The number of carbonyl (C=O) groups is 1. The molecule has 1 aromatic rings. The van der Waals surface area contributed by atoms with Crippen LogP contribution in [0.2, 0.25) is 0 Å². The molecule has 0 saturated carbocycles. The Kier molecular flexibility index (Phi) is 3.66. The van der Waals surface area contributed by atoms with Crippen LogP contribution in [0.15, 0.2) is 18.2 Å². The third kappa shape index (κ3) is 3.16. The second-order valence-corrected chi connectivity index (χ2v) is 3.62. The highest BCUT2D eigenvalue weighted by molar-refractivity contribution is 5.76. The monoisotopic (exact) mass is 239 g/mol. The number of hydrogen-bond donors (Lipinski definition) is 2. The van der Waals surface area contributed by atoms with E-state index in [0.717, 1.165) is 13.0 Å². The molecule has 2 N–H and O–H groups in total. The van der Waals surface area contributed by atoms with E-state index >= 15 is 0 Å². The van der Waals surface area contributed by atoms with Gasteiger partial charge in [0.05, 0.1) is 5.56 Å². The second-order valence-electron chi connectivity index (χ2n) is 3.62. The van der Waals surface area contributed by atoms with Gasteiger partial charge in [-0.2, -0.15) is 5.26 Å². The average Bonchev–Trinajstić information content (AvgIpc) is 2.26. The van der Waals surface area contributed by atoms with Crippen molar-refractivity contribution in [3.8, 4) is 11.8 Å². The molecule has 0 bridgehead atoms. The molecule has 0 heterocycles. The van der Waals surface area contributed by atoms with Crippen LogP contribution in [-0.4, -0.2) is 28.4 Å². The lowest BCUT2D eigenvalue weighted by molar-refractivity contribution is -0.159. The minimum Gasteiger partial charge on any atom is -0.490 e. The lowest BCUT2D eigenvalue weighted by Crippen LogP contribution is -2.41. The van der Waals surface area contributed by atoms with Crippen LogP contribution in [0.4, 0.5) is 4.39 Å². The van der Waals surface area contributed by atoms with Crippen molar-refractivity contribution in [1.29, 1.82) is 5.26 Å². The Balaban J connectivity index is 2.75. The lowest BCUT2D eigenvalue weighted by atomic mass is 10.1. The van der Waals surface area contributed by atoms with E-state index in [1.807, 2.05) is 0 Å². The van der Waals surface area contributed by atoms with Crippen molar-refractivity contribution in [2.45, 2.75) is 12.5 Å².